The molecule has 3 aromatic carbocycles. The fraction of sp³-hybridized carbons (Fsp3) is 0.0870. The molecular weight excluding hydrogens is 396 g/mol. The molecule has 1 N–H and O–H groups in total. The van der Waals surface area contributed by atoms with Gasteiger partial charge in [-0.3, -0.25) is 0 Å². The van der Waals surface area contributed by atoms with Gasteiger partial charge in [0.1, 0.15) is 17.2 Å². The molecule has 0 atom stereocenters. The van der Waals surface area contributed by atoms with E-state index in [0.29, 0.717) is 17.2 Å². The summed E-state index contributed by atoms with van der Waals surface area (Å²) < 4.78 is 13.5. The van der Waals surface area contributed by atoms with Gasteiger partial charge in [0.15, 0.2) is 5.82 Å². The highest BCUT2D eigenvalue weighted by atomic mass is 32.1. The summed E-state index contributed by atoms with van der Waals surface area (Å²) in [5, 5.41) is 11.7. The number of nitrogens with zero attached hydrogens (tertiary/aromatic N) is 3. The zero-order valence-corrected chi connectivity index (χ0v) is 17.2. The maximum Gasteiger partial charge on any atom is 0.216 e. The first kappa shape index (κ1) is 19.6. The lowest BCUT2D eigenvalue weighted by Crippen LogP contribution is -1.96. The average Bonchev–Trinajstić information content (AvgIpc) is 3.14. The fourth-order valence-corrected chi connectivity index (χ4v) is 3.06. The van der Waals surface area contributed by atoms with Gasteiger partial charge in [0.25, 0.3) is 0 Å². The summed E-state index contributed by atoms with van der Waals surface area (Å²) in [5.74, 6) is 2.88. The van der Waals surface area contributed by atoms with Crippen molar-refractivity contribution >= 4 is 18.4 Å². The molecule has 0 saturated carbocycles. The number of hydrogen-bond donors (Lipinski definition) is 1. The Morgan fingerprint density at radius 2 is 1.73 bits per heavy atom. The third-order valence-corrected chi connectivity index (χ3v) is 4.48. The van der Waals surface area contributed by atoms with Gasteiger partial charge in [0, 0.05) is 5.56 Å². The molecule has 7 heteroatoms. The highest BCUT2D eigenvalue weighted by molar-refractivity contribution is 7.71. The predicted octanol–water partition coefficient (Wildman–Crippen LogP) is 5.68. The lowest BCUT2D eigenvalue weighted by atomic mass is 10.2. The summed E-state index contributed by atoms with van der Waals surface area (Å²) in [5.41, 5.74) is 1.73. The summed E-state index contributed by atoms with van der Waals surface area (Å²) in [4.78, 5) is 0. The monoisotopic (exact) mass is 416 g/mol. The Hall–Kier alpha value is -3.71. The van der Waals surface area contributed by atoms with E-state index in [1.54, 1.807) is 10.9 Å². The van der Waals surface area contributed by atoms with Gasteiger partial charge >= 0.3 is 0 Å². The molecule has 0 aliphatic rings. The first-order valence-electron chi connectivity index (χ1n) is 9.51. The van der Waals surface area contributed by atoms with Crippen molar-refractivity contribution in [2.45, 2.75) is 6.92 Å². The molecular formula is C23H20N4O2S. The number of benzene rings is 3. The van der Waals surface area contributed by atoms with E-state index in [0.717, 1.165) is 28.4 Å². The molecule has 4 aromatic rings. The van der Waals surface area contributed by atoms with E-state index in [4.69, 9.17) is 21.7 Å². The fourth-order valence-electron chi connectivity index (χ4n) is 2.88. The third kappa shape index (κ3) is 4.64. The minimum absolute atomic E-state index is 0.403. The smallest absolute Gasteiger partial charge is 0.216 e. The van der Waals surface area contributed by atoms with Gasteiger partial charge in [-0.15, -0.1) is 0 Å². The van der Waals surface area contributed by atoms with Crippen molar-refractivity contribution in [3.63, 3.8) is 0 Å². The molecule has 0 aliphatic heterocycles. The van der Waals surface area contributed by atoms with Crippen LogP contribution in [0.5, 0.6) is 17.2 Å². The van der Waals surface area contributed by atoms with Crippen LogP contribution >= 0.6 is 12.2 Å². The number of rotatable bonds is 7. The van der Waals surface area contributed by atoms with Gasteiger partial charge in [-0.25, -0.2) is 5.10 Å². The van der Waals surface area contributed by atoms with Crippen LogP contribution in [0, 0.1) is 4.77 Å². The summed E-state index contributed by atoms with van der Waals surface area (Å²) in [6.45, 7) is 2.54. The minimum atomic E-state index is 0.403. The van der Waals surface area contributed by atoms with Crippen molar-refractivity contribution in [1.29, 1.82) is 0 Å². The van der Waals surface area contributed by atoms with Gasteiger partial charge in [0.05, 0.1) is 12.8 Å². The van der Waals surface area contributed by atoms with Crippen LogP contribution in [-0.4, -0.2) is 27.7 Å². The molecule has 1 heterocycles. The SMILES string of the molecule is CCOc1cccc(-c2n[nH]c(=S)n2/N=C/c2cccc(Oc3ccccc3)c2)c1. The number of aromatic amines is 1. The van der Waals surface area contributed by atoms with Gasteiger partial charge < -0.3 is 9.47 Å². The number of aromatic nitrogens is 3. The lowest BCUT2D eigenvalue weighted by Gasteiger charge is -2.06. The number of para-hydroxylation sites is 1. The molecule has 0 radical (unpaired) electrons. The summed E-state index contributed by atoms with van der Waals surface area (Å²) in [6.07, 6.45) is 1.72. The standard InChI is InChI=1S/C23H20N4O2S/c1-2-28-20-12-7-9-18(15-20)22-25-26-23(30)27(22)24-16-17-8-6-13-21(14-17)29-19-10-4-3-5-11-19/h3-16H,2H2,1H3,(H,26,30)/b24-16+. The van der Waals surface area contributed by atoms with E-state index < -0.39 is 0 Å². The zero-order valence-electron chi connectivity index (χ0n) is 16.4. The molecule has 6 nitrogen and oxygen atoms in total. The second-order valence-electron chi connectivity index (χ2n) is 6.36. The molecule has 0 aliphatic carbocycles. The van der Waals surface area contributed by atoms with Crippen LogP contribution in [-0.2, 0) is 0 Å². The van der Waals surface area contributed by atoms with Gasteiger partial charge in [-0.05, 0) is 61.1 Å². The highest BCUT2D eigenvalue weighted by Gasteiger charge is 2.09. The van der Waals surface area contributed by atoms with E-state index in [9.17, 15) is 0 Å². The Balaban J connectivity index is 1.60. The lowest BCUT2D eigenvalue weighted by molar-refractivity contribution is 0.340. The maximum atomic E-state index is 5.89. The molecule has 30 heavy (non-hydrogen) atoms. The van der Waals surface area contributed by atoms with Gasteiger partial charge in [-0.2, -0.15) is 14.9 Å². The molecule has 150 valence electrons. The number of H-pyrrole nitrogens is 1. The second-order valence-corrected chi connectivity index (χ2v) is 6.74. The van der Waals surface area contributed by atoms with Crippen molar-refractivity contribution in [2.75, 3.05) is 6.61 Å². The number of ether oxygens (including phenoxy) is 2. The molecule has 1 aromatic heterocycles. The summed E-state index contributed by atoms with van der Waals surface area (Å²) in [7, 11) is 0. The topological polar surface area (TPSA) is 64.4 Å². The van der Waals surface area contributed by atoms with Crippen LogP contribution in [0.15, 0.2) is 84.0 Å². The Bertz CT molecular complexity index is 1220. The van der Waals surface area contributed by atoms with E-state index in [1.807, 2.05) is 85.8 Å². The van der Waals surface area contributed by atoms with Crippen molar-refractivity contribution in [2.24, 2.45) is 5.10 Å². The average molecular weight is 417 g/mol. The van der Waals surface area contributed by atoms with Crippen molar-refractivity contribution < 1.29 is 9.47 Å². The van der Waals surface area contributed by atoms with Gasteiger partial charge in [-0.1, -0.05) is 42.5 Å². The molecule has 4 rings (SSSR count). The minimum Gasteiger partial charge on any atom is -0.494 e. The number of nitrogens with one attached hydrogen (secondary N) is 1. The van der Waals surface area contributed by atoms with Crippen LogP contribution in [0.1, 0.15) is 12.5 Å². The van der Waals surface area contributed by atoms with Crippen LogP contribution in [0.2, 0.25) is 0 Å². The highest BCUT2D eigenvalue weighted by Crippen LogP contribution is 2.23. The van der Waals surface area contributed by atoms with E-state index in [2.05, 4.69) is 15.3 Å². The largest absolute Gasteiger partial charge is 0.494 e. The van der Waals surface area contributed by atoms with Crippen LogP contribution in [0.25, 0.3) is 11.4 Å². The van der Waals surface area contributed by atoms with E-state index in [-0.39, 0.29) is 0 Å². The Kier molecular flexibility index (Phi) is 6.01. The number of hydrogen-bond acceptors (Lipinski definition) is 5. The van der Waals surface area contributed by atoms with Crippen molar-refractivity contribution in [3.8, 4) is 28.6 Å². The van der Waals surface area contributed by atoms with Crippen LogP contribution < -0.4 is 9.47 Å². The van der Waals surface area contributed by atoms with E-state index >= 15 is 0 Å². The molecule has 0 spiro atoms. The first-order chi connectivity index (χ1) is 14.7. The Morgan fingerprint density at radius 1 is 0.967 bits per heavy atom. The molecule has 0 unspecified atom stereocenters. The zero-order chi connectivity index (χ0) is 20.8. The third-order valence-electron chi connectivity index (χ3n) is 4.21. The van der Waals surface area contributed by atoms with Crippen molar-refractivity contribution in [1.82, 2.24) is 14.9 Å². The quantitative estimate of drug-likeness (QED) is 0.311. The molecule has 0 fully saturated rings. The summed E-state index contributed by atoms with van der Waals surface area (Å²) >= 11 is 5.36. The first-order valence-corrected chi connectivity index (χ1v) is 9.92. The normalized spacial score (nSPS) is 11.0. The van der Waals surface area contributed by atoms with E-state index in [1.165, 1.54) is 0 Å². The van der Waals surface area contributed by atoms with Gasteiger partial charge in [0.2, 0.25) is 4.77 Å². The van der Waals surface area contributed by atoms with Crippen LogP contribution in [0.4, 0.5) is 0 Å². The maximum absolute atomic E-state index is 5.89. The second kappa shape index (κ2) is 9.19. The summed E-state index contributed by atoms with van der Waals surface area (Å²) in [6, 6.07) is 25.0. The Labute approximate surface area is 179 Å². The molecule has 0 bridgehead atoms. The molecule has 0 amide bonds. The van der Waals surface area contributed by atoms with Crippen LogP contribution in [0.3, 0.4) is 0 Å². The molecule has 0 saturated heterocycles. The predicted molar refractivity (Wildman–Crippen MR) is 120 cm³/mol. The van der Waals surface area contributed by atoms with Crippen molar-refractivity contribution in [3.05, 3.63) is 89.2 Å². The Morgan fingerprint density at radius 3 is 2.57 bits per heavy atom.